The minimum absolute atomic E-state index is 0.133. The summed E-state index contributed by atoms with van der Waals surface area (Å²) in [6, 6.07) is -3.37. The van der Waals surface area contributed by atoms with Gasteiger partial charge in [0.05, 0.1) is 43.0 Å². The molecule has 0 radical (unpaired) electrons. The molecule has 32 heavy (non-hydrogen) atoms. The molecule has 3 aliphatic rings. The molecule has 2 heterocycles. The van der Waals surface area contributed by atoms with E-state index in [0.717, 1.165) is 0 Å². The summed E-state index contributed by atoms with van der Waals surface area (Å²) in [7, 11) is 1.58. The fourth-order valence-corrected chi connectivity index (χ4v) is 4.68. The van der Waals surface area contributed by atoms with Crippen LogP contribution in [-0.4, -0.2) is 120 Å². The summed E-state index contributed by atoms with van der Waals surface area (Å²) in [5, 5.41) is 45.5. The minimum Gasteiger partial charge on any atom is -0.390 e. The first-order valence-electron chi connectivity index (χ1n) is 11.0. The third kappa shape index (κ3) is 5.10. The normalized spacial score (nSPS) is 52.7. The second kappa shape index (κ2) is 10.4. The van der Waals surface area contributed by atoms with Crippen LogP contribution in [0.4, 0.5) is 0 Å². The van der Waals surface area contributed by atoms with E-state index in [4.69, 9.17) is 41.9 Å². The quantitative estimate of drug-likeness (QED) is 0.179. The summed E-state index contributed by atoms with van der Waals surface area (Å²) < 4.78 is 23.0. The predicted molar refractivity (Wildman–Crippen MR) is 112 cm³/mol. The third-order valence-corrected chi connectivity index (χ3v) is 6.71. The van der Waals surface area contributed by atoms with Gasteiger partial charge in [0, 0.05) is 6.54 Å². The lowest BCUT2D eigenvalue weighted by Gasteiger charge is -2.49. The van der Waals surface area contributed by atoms with Crippen LogP contribution >= 0.6 is 0 Å². The first-order chi connectivity index (χ1) is 15.0. The summed E-state index contributed by atoms with van der Waals surface area (Å²) in [6.07, 6.45) is -7.33. The first kappa shape index (κ1) is 26.1. The van der Waals surface area contributed by atoms with Crippen molar-refractivity contribution in [3.05, 3.63) is 0 Å². The molecule has 0 aromatic rings. The lowest BCUT2D eigenvalue weighted by molar-refractivity contribution is -0.312. The molecule has 1 saturated carbocycles. The summed E-state index contributed by atoms with van der Waals surface area (Å²) >= 11 is 0. The van der Waals surface area contributed by atoms with Gasteiger partial charge in [0.25, 0.3) is 0 Å². The molecule has 13 heteroatoms. The molecular weight excluding hydrogens is 426 g/mol. The Morgan fingerprint density at radius 2 is 1.56 bits per heavy atom. The molecule has 3 fully saturated rings. The van der Waals surface area contributed by atoms with E-state index in [1.807, 2.05) is 0 Å². The van der Waals surface area contributed by atoms with Crippen LogP contribution < -0.4 is 28.3 Å². The van der Waals surface area contributed by atoms with Crippen molar-refractivity contribution in [3.8, 4) is 0 Å². The Balaban J connectivity index is 1.73. The molecule has 13 N–H and O–H groups in total. The molecular formula is C19H39N5O8. The molecule has 0 bridgehead atoms. The van der Waals surface area contributed by atoms with Gasteiger partial charge in [-0.15, -0.1) is 0 Å². The number of rotatable bonds is 6. The number of hydrogen-bond acceptors (Lipinski definition) is 13. The van der Waals surface area contributed by atoms with E-state index in [1.54, 1.807) is 7.05 Å². The molecule has 13 atom stereocenters. The third-order valence-electron chi connectivity index (χ3n) is 6.71. The van der Waals surface area contributed by atoms with Crippen LogP contribution in [0.2, 0.25) is 0 Å². The Morgan fingerprint density at radius 3 is 2.12 bits per heavy atom. The summed E-state index contributed by atoms with van der Waals surface area (Å²) in [5.41, 5.74) is 22.7. The van der Waals surface area contributed by atoms with Gasteiger partial charge in [-0.1, -0.05) is 0 Å². The smallest absolute Gasteiger partial charge is 0.185 e. The van der Waals surface area contributed by atoms with Crippen LogP contribution in [0.5, 0.6) is 0 Å². The van der Waals surface area contributed by atoms with Gasteiger partial charge in [-0.25, -0.2) is 0 Å². The average Bonchev–Trinajstić information content (AvgIpc) is 2.75. The lowest BCUT2D eigenvalue weighted by Crippen LogP contribution is -2.72. The number of aliphatic hydroxyl groups is 4. The highest BCUT2D eigenvalue weighted by Crippen LogP contribution is 2.31. The van der Waals surface area contributed by atoms with Crippen molar-refractivity contribution in [3.63, 3.8) is 0 Å². The fourth-order valence-electron chi connectivity index (χ4n) is 4.68. The highest BCUT2D eigenvalue weighted by Gasteiger charge is 2.53. The zero-order chi connectivity index (χ0) is 23.8. The van der Waals surface area contributed by atoms with Gasteiger partial charge in [-0.05, 0) is 26.8 Å². The van der Waals surface area contributed by atoms with Crippen molar-refractivity contribution in [1.29, 1.82) is 0 Å². The van der Waals surface area contributed by atoms with Gasteiger partial charge in [-0.3, -0.25) is 0 Å². The summed E-state index contributed by atoms with van der Waals surface area (Å²) in [5.74, 6) is 0. The van der Waals surface area contributed by atoms with Crippen LogP contribution in [0.1, 0.15) is 19.8 Å². The SMILES string of the molecule is CN[C@@H]1C(O)[C@@H](O[C@@H]2C(O)C(O[C@H]3O[C@H](CN)CCC3N)[C@@H](N)C(O)[C@H]2N)OC[C@]1(C)O. The van der Waals surface area contributed by atoms with Gasteiger partial charge in [0.15, 0.2) is 12.6 Å². The highest BCUT2D eigenvalue weighted by molar-refractivity contribution is 5.06. The Kier molecular flexibility index (Phi) is 8.48. The van der Waals surface area contributed by atoms with Crippen molar-refractivity contribution in [2.75, 3.05) is 20.2 Å². The molecule has 13 nitrogen and oxygen atoms in total. The Bertz CT molecular complexity index is 618. The summed E-state index contributed by atoms with van der Waals surface area (Å²) in [6.45, 7) is 1.67. The number of nitrogens with two attached hydrogens (primary N) is 4. The number of nitrogens with one attached hydrogen (secondary N) is 1. The van der Waals surface area contributed by atoms with Gasteiger partial charge < -0.3 is 67.6 Å². The molecule has 2 aliphatic heterocycles. The van der Waals surface area contributed by atoms with E-state index >= 15 is 0 Å². The molecule has 3 rings (SSSR count). The first-order valence-corrected chi connectivity index (χ1v) is 11.0. The van der Waals surface area contributed by atoms with Crippen molar-refractivity contribution in [2.45, 2.75) is 98.7 Å². The maximum atomic E-state index is 11.0. The zero-order valence-electron chi connectivity index (χ0n) is 18.5. The molecule has 188 valence electrons. The second-order valence-electron chi connectivity index (χ2n) is 9.23. The number of aliphatic hydroxyl groups excluding tert-OH is 3. The van der Waals surface area contributed by atoms with Crippen molar-refractivity contribution >= 4 is 0 Å². The second-order valence-corrected chi connectivity index (χ2v) is 9.23. The van der Waals surface area contributed by atoms with Crippen LogP contribution in [0.15, 0.2) is 0 Å². The fraction of sp³-hybridized carbons (Fsp3) is 1.00. The van der Waals surface area contributed by atoms with Crippen LogP contribution in [0.3, 0.4) is 0 Å². The van der Waals surface area contributed by atoms with E-state index in [9.17, 15) is 20.4 Å². The number of likely N-dealkylation sites (N-methyl/N-ethyl adjacent to an activating group) is 1. The van der Waals surface area contributed by atoms with Crippen molar-refractivity contribution in [2.24, 2.45) is 22.9 Å². The van der Waals surface area contributed by atoms with E-state index < -0.39 is 72.9 Å². The molecule has 2 saturated heterocycles. The van der Waals surface area contributed by atoms with Crippen LogP contribution in [0.25, 0.3) is 0 Å². The van der Waals surface area contributed by atoms with Gasteiger partial charge in [0.2, 0.25) is 0 Å². The predicted octanol–water partition coefficient (Wildman–Crippen LogP) is -5.01. The van der Waals surface area contributed by atoms with E-state index in [1.165, 1.54) is 6.92 Å². The maximum Gasteiger partial charge on any atom is 0.185 e. The molecule has 0 spiro atoms. The molecule has 5 unspecified atom stereocenters. The van der Waals surface area contributed by atoms with Crippen LogP contribution in [0, 0.1) is 0 Å². The molecule has 0 aromatic carbocycles. The van der Waals surface area contributed by atoms with E-state index in [2.05, 4.69) is 5.32 Å². The van der Waals surface area contributed by atoms with Crippen molar-refractivity contribution < 1.29 is 39.4 Å². The summed E-state index contributed by atoms with van der Waals surface area (Å²) in [4.78, 5) is 0. The highest BCUT2D eigenvalue weighted by atomic mass is 16.7. The van der Waals surface area contributed by atoms with Gasteiger partial charge >= 0.3 is 0 Å². The van der Waals surface area contributed by atoms with Gasteiger partial charge in [-0.2, -0.15) is 0 Å². The standard InChI is InChI=1S/C19H39N5O8/c1-19(28)6-29-18(13(27)16(19)24-2)32-15-10(23)11(25)9(22)14(12(15)26)31-17-8(21)4-3-7(5-20)30-17/h7-18,24-28H,3-6,20-23H2,1-2H3/t7-,8?,9-,10+,11?,12?,13?,14?,15-,16+,17+,18+,19-/m0/s1. The monoisotopic (exact) mass is 465 g/mol. The number of hydrogen-bond donors (Lipinski definition) is 9. The Labute approximate surface area is 187 Å². The van der Waals surface area contributed by atoms with E-state index in [0.29, 0.717) is 19.4 Å². The largest absolute Gasteiger partial charge is 0.390 e. The minimum atomic E-state index is -1.39. The number of ether oxygens (including phenoxy) is 4. The maximum absolute atomic E-state index is 11.0. The topological polar surface area (TPSA) is 234 Å². The van der Waals surface area contributed by atoms with Gasteiger partial charge in [0.1, 0.15) is 30.0 Å². The average molecular weight is 466 g/mol. The molecule has 1 aliphatic carbocycles. The molecule has 0 amide bonds. The lowest BCUT2D eigenvalue weighted by atomic mass is 9.81. The van der Waals surface area contributed by atoms with Crippen molar-refractivity contribution in [1.82, 2.24) is 5.32 Å². The van der Waals surface area contributed by atoms with E-state index in [-0.39, 0.29) is 12.7 Å². The Morgan fingerprint density at radius 1 is 0.969 bits per heavy atom. The zero-order valence-corrected chi connectivity index (χ0v) is 18.5. The van der Waals surface area contributed by atoms with Crippen LogP contribution in [-0.2, 0) is 18.9 Å². The Hall–Kier alpha value is -0.520. The molecule has 0 aromatic heterocycles.